The number of carbonyl (C=O) groups is 1. The van der Waals surface area contributed by atoms with E-state index in [0.717, 1.165) is 30.6 Å². The lowest BCUT2D eigenvalue weighted by atomic mass is 10.0. The maximum atomic E-state index is 13.8. The van der Waals surface area contributed by atoms with E-state index in [1.165, 1.54) is 12.1 Å². The summed E-state index contributed by atoms with van der Waals surface area (Å²) in [7, 11) is 0. The first-order valence-corrected chi connectivity index (χ1v) is 8.69. The van der Waals surface area contributed by atoms with Crippen molar-refractivity contribution in [1.82, 2.24) is 4.90 Å². The molecule has 1 fully saturated rings. The molecular weight excluding hydrogens is 343 g/mol. The summed E-state index contributed by atoms with van der Waals surface area (Å²) in [5, 5.41) is 0.716. The topological polar surface area (TPSA) is 32.8 Å². The van der Waals surface area contributed by atoms with E-state index in [-0.39, 0.29) is 18.0 Å². The minimum atomic E-state index is -0.389. The van der Waals surface area contributed by atoms with E-state index >= 15 is 0 Å². The molecule has 0 spiro atoms. The summed E-state index contributed by atoms with van der Waals surface area (Å²) in [6.07, 6.45) is 0.391. The van der Waals surface area contributed by atoms with Crippen LogP contribution in [0.2, 0.25) is 5.02 Å². The van der Waals surface area contributed by atoms with Gasteiger partial charge in [0.1, 0.15) is 12.4 Å². The van der Waals surface area contributed by atoms with Gasteiger partial charge in [-0.3, -0.25) is 9.80 Å². The summed E-state index contributed by atoms with van der Waals surface area (Å²) in [5.41, 5.74) is 2.67. The van der Waals surface area contributed by atoms with Gasteiger partial charge in [-0.05, 0) is 41.8 Å². The highest BCUT2D eigenvalue weighted by Gasteiger charge is 2.37. The van der Waals surface area contributed by atoms with Gasteiger partial charge in [-0.15, -0.1) is 0 Å². The molecular formula is C19H18ClFN2O2. The highest BCUT2D eigenvalue weighted by molar-refractivity contribution is 6.30. The Bertz CT molecular complexity index is 814. The number of hydrogen-bond acceptors (Lipinski definition) is 3. The van der Waals surface area contributed by atoms with Gasteiger partial charge in [-0.1, -0.05) is 29.8 Å². The van der Waals surface area contributed by atoms with E-state index in [2.05, 4.69) is 4.90 Å². The van der Waals surface area contributed by atoms with E-state index in [1.54, 1.807) is 11.0 Å². The van der Waals surface area contributed by atoms with Crippen molar-refractivity contribution in [3.63, 3.8) is 0 Å². The Morgan fingerprint density at radius 1 is 1.24 bits per heavy atom. The molecule has 1 amide bonds. The van der Waals surface area contributed by atoms with Crippen molar-refractivity contribution in [3.05, 3.63) is 64.4 Å². The molecule has 2 aromatic carbocycles. The Labute approximate surface area is 150 Å². The summed E-state index contributed by atoms with van der Waals surface area (Å²) >= 11 is 6.09. The Kier molecular flexibility index (Phi) is 4.36. The van der Waals surface area contributed by atoms with Crippen molar-refractivity contribution in [3.8, 4) is 0 Å². The standard InChI is InChI=1S/C19H18ClFN2O2/c20-15-3-1-2-13(8-15)10-22-7-6-17-12-25-19(24)23(17)18-9-16(21)5-4-14(18)11-22/h1-5,8-9,17H,6-7,10-12H2. The van der Waals surface area contributed by atoms with Crippen LogP contribution in [0.5, 0.6) is 0 Å². The van der Waals surface area contributed by atoms with Crippen LogP contribution in [0.3, 0.4) is 0 Å². The van der Waals surface area contributed by atoms with Crippen molar-refractivity contribution in [2.45, 2.75) is 25.6 Å². The average Bonchev–Trinajstić information content (AvgIpc) is 2.93. The van der Waals surface area contributed by atoms with Gasteiger partial charge in [0, 0.05) is 24.7 Å². The van der Waals surface area contributed by atoms with Crippen LogP contribution in [0.25, 0.3) is 0 Å². The van der Waals surface area contributed by atoms with Crippen LogP contribution in [0, 0.1) is 5.82 Å². The smallest absolute Gasteiger partial charge is 0.414 e. The normalized spacial score (nSPS) is 20.5. The fraction of sp³-hybridized carbons (Fsp3) is 0.316. The molecule has 1 saturated heterocycles. The van der Waals surface area contributed by atoms with Crippen LogP contribution in [0.1, 0.15) is 17.5 Å². The van der Waals surface area contributed by atoms with Crippen molar-refractivity contribution in [1.29, 1.82) is 0 Å². The number of hydrogen-bond donors (Lipinski definition) is 0. The molecule has 2 aromatic rings. The first-order chi connectivity index (χ1) is 12.1. The fourth-order valence-electron chi connectivity index (χ4n) is 3.54. The third-order valence-corrected chi connectivity index (χ3v) is 4.97. The van der Waals surface area contributed by atoms with Crippen LogP contribution < -0.4 is 4.90 Å². The molecule has 0 aliphatic carbocycles. The molecule has 1 atom stereocenters. The zero-order valence-corrected chi connectivity index (χ0v) is 14.4. The molecule has 0 N–H and O–H groups in total. The number of halogens is 2. The summed E-state index contributed by atoms with van der Waals surface area (Å²) in [5.74, 6) is -0.348. The second-order valence-corrected chi connectivity index (χ2v) is 6.94. The lowest BCUT2D eigenvalue weighted by Gasteiger charge is -2.32. The summed E-state index contributed by atoms with van der Waals surface area (Å²) in [4.78, 5) is 16.0. The number of benzene rings is 2. The Hall–Kier alpha value is -2.11. The second kappa shape index (κ2) is 6.65. The number of amides is 1. The van der Waals surface area contributed by atoms with Gasteiger partial charge in [0.2, 0.25) is 0 Å². The van der Waals surface area contributed by atoms with Gasteiger partial charge in [-0.2, -0.15) is 0 Å². The number of carbonyl (C=O) groups excluding carboxylic acids is 1. The third kappa shape index (κ3) is 3.34. The van der Waals surface area contributed by atoms with Crippen molar-refractivity contribution >= 4 is 23.4 Å². The van der Waals surface area contributed by atoms with E-state index in [9.17, 15) is 9.18 Å². The highest BCUT2D eigenvalue weighted by Crippen LogP contribution is 2.32. The number of anilines is 1. The first kappa shape index (κ1) is 16.4. The fourth-order valence-corrected chi connectivity index (χ4v) is 3.76. The lowest BCUT2D eigenvalue weighted by Crippen LogP contribution is -2.40. The number of rotatable bonds is 2. The molecule has 25 heavy (non-hydrogen) atoms. The minimum Gasteiger partial charge on any atom is -0.447 e. The molecule has 2 aliphatic rings. The largest absolute Gasteiger partial charge is 0.447 e. The van der Waals surface area contributed by atoms with Gasteiger partial charge < -0.3 is 4.74 Å². The van der Waals surface area contributed by atoms with Crippen molar-refractivity contribution in [2.24, 2.45) is 0 Å². The SMILES string of the molecule is O=C1OCC2CCN(Cc3cccc(Cl)c3)Cc3ccc(F)cc3N12. The number of nitrogens with zero attached hydrogens (tertiary/aromatic N) is 2. The zero-order valence-electron chi connectivity index (χ0n) is 13.6. The number of cyclic esters (lactones) is 1. The summed E-state index contributed by atoms with van der Waals surface area (Å²) in [6, 6.07) is 12.4. The summed E-state index contributed by atoms with van der Waals surface area (Å²) in [6.45, 7) is 2.55. The predicted octanol–water partition coefficient (Wildman–Crippen LogP) is 4.21. The van der Waals surface area contributed by atoms with Crippen molar-refractivity contribution < 1.29 is 13.9 Å². The average molecular weight is 361 g/mol. The molecule has 130 valence electrons. The highest BCUT2D eigenvalue weighted by atomic mass is 35.5. The molecule has 2 heterocycles. The van der Waals surface area contributed by atoms with Gasteiger partial charge in [0.15, 0.2) is 0 Å². The van der Waals surface area contributed by atoms with Crippen molar-refractivity contribution in [2.75, 3.05) is 18.1 Å². The van der Waals surface area contributed by atoms with E-state index < -0.39 is 0 Å². The van der Waals surface area contributed by atoms with E-state index in [4.69, 9.17) is 16.3 Å². The first-order valence-electron chi connectivity index (χ1n) is 8.31. The Morgan fingerprint density at radius 3 is 2.96 bits per heavy atom. The van der Waals surface area contributed by atoms with Crippen LogP contribution in [-0.2, 0) is 17.8 Å². The molecule has 0 bridgehead atoms. The molecule has 4 nitrogen and oxygen atoms in total. The Balaban J connectivity index is 1.65. The van der Waals surface area contributed by atoms with E-state index in [1.807, 2.05) is 24.3 Å². The number of fused-ring (bicyclic) bond motifs is 3. The van der Waals surface area contributed by atoms with Gasteiger partial charge in [0.05, 0.1) is 11.7 Å². The third-order valence-electron chi connectivity index (χ3n) is 4.74. The Morgan fingerprint density at radius 2 is 2.12 bits per heavy atom. The van der Waals surface area contributed by atoms with Crippen LogP contribution in [0.4, 0.5) is 14.9 Å². The quantitative estimate of drug-likeness (QED) is 0.804. The zero-order chi connectivity index (χ0) is 17.4. The molecule has 0 aromatic heterocycles. The van der Waals surface area contributed by atoms with E-state index in [0.29, 0.717) is 23.9 Å². The lowest BCUT2D eigenvalue weighted by molar-refractivity contribution is 0.177. The predicted molar refractivity (Wildman–Crippen MR) is 94.2 cm³/mol. The van der Waals surface area contributed by atoms with Crippen LogP contribution in [-0.4, -0.2) is 30.2 Å². The van der Waals surface area contributed by atoms with Gasteiger partial charge >= 0.3 is 6.09 Å². The molecule has 0 saturated carbocycles. The molecule has 6 heteroatoms. The monoisotopic (exact) mass is 360 g/mol. The summed E-state index contributed by atoms with van der Waals surface area (Å²) < 4.78 is 19.0. The van der Waals surface area contributed by atoms with Crippen LogP contribution in [0.15, 0.2) is 42.5 Å². The molecule has 1 unspecified atom stereocenters. The van der Waals surface area contributed by atoms with Gasteiger partial charge in [-0.25, -0.2) is 9.18 Å². The van der Waals surface area contributed by atoms with Crippen LogP contribution >= 0.6 is 11.6 Å². The maximum Gasteiger partial charge on any atom is 0.414 e. The molecule has 0 radical (unpaired) electrons. The second-order valence-electron chi connectivity index (χ2n) is 6.50. The molecule has 2 aliphatic heterocycles. The number of ether oxygens (including phenoxy) is 1. The molecule has 4 rings (SSSR count). The maximum absolute atomic E-state index is 13.8. The minimum absolute atomic E-state index is 0.0600. The van der Waals surface area contributed by atoms with Gasteiger partial charge in [0.25, 0.3) is 0 Å².